The molecule has 4 heterocycles. The highest BCUT2D eigenvalue weighted by molar-refractivity contribution is 6.33. The molecule has 2 atom stereocenters. The largest absolute Gasteiger partial charge is 0.464 e. The molecular formula is C30H30ClFN6O4. The number of amides is 1. The first-order chi connectivity index (χ1) is 20.4. The Labute approximate surface area is 247 Å². The molecule has 6 rings (SSSR count). The van der Waals surface area contributed by atoms with Gasteiger partial charge in [0, 0.05) is 44.0 Å². The quantitative estimate of drug-likeness (QED) is 0.293. The summed E-state index contributed by atoms with van der Waals surface area (Å²) in [4.78, 5) is 32.0. The summed E-state index contributed by atoms with van der Waals surface area (Å²) in [6.45, 7) is 3.33. The highest BCUT2D eigenvalue weighted by atomic mass is 35.5. The van der Waals surface area contributed by atoms with Crippen LogP contribution in [-0.2, 0) is 16.1 Å². The molecule has 2 saturated heterocycles. The Morgan fingerprint density at radius 2 is 1.81 bits per heavy atom. The Bertz CT molecular complexity index is 1570. The van der Waals surface area contributed by atoms with Crippen molar-refractivity contribution in [1.82, 2.24) is 24.8 Å². The Hall–Kier alpha value is -4.22. The number of hydrogen-bond acceptors (Lipinski definition) is 8. The minimum Gasteiger partial charge on any atom is -0.464 e. The van der Waals surface area contributed by atoms with E-state index in [4.69, 9.17) is 20.8 Å². The van der Waals surface area contributed by atoms with Gasteiger partial charge in [0.15, 0.2) is 5.69 Å². The zero-order valence-electron chi connectivity index (χ0n) is 23.0. The summed E-state index contributed by atoms with van der Waals surface area (Å²) in [7, 11) is 1.30. The maximum absolute atomic E-state index is 13.9. The van der Waals surface area contributed by atoms with Crippen LogP contribution in [0.1, 0.15) is 28.7 Å². The number of anilines is 1. The van der Waals surface area contributed by atoms with Gasteiger partial charge in [-0.15, -0.1) is 5.10 Å². The first-order valence-corrected chi connectivity index (χ1v) is 14.1. The van der Waals surface area contributed by atoms with Crippen LogP contribution in [0, 0.1) is 5.82 Å². The van der Waals surface area contributed by atoms with Crippen LogP contribution in [0.2, 0.25) is 5.02 Å². The van der Waals surface area contributed by atoms with Crippen molar-refractivity contribution in [3.63, 3.8) is 0 Å². The van der Waals surface area contributed by atoms with Gasteiger partial charge in [-0.1, -0.05) is 28.9 Å². The second-order valence-electron chi connectivity index (χ2n) is 10.4. The predicted octanol–water partition coefficient (Wildman–Crippen LogP) is 4.28. The molecule has 0 aliphatic carbocycles. The molecule has 218 valence electrons. The van der Waals surface area contributed by atoms with E-state index < -0.39 is 12.0 Å². The van der Waals surface area contributed by atoms with Crippen molar-refractivity contribution in [2.45, 2.75) is 25.0 Å². The van der Waals surface area contributed by atoms with Crippen LogP contribution >= 0.6 is 11.6 Å². The zero-order valence-corrected chi connectivity index (χ0v) is 23.8. The number of piperazine rings is 1. The lowest BCUT2D eigenvalue weighted by atomic mass is 10.1. The van der Waals surface area contributed by atoms with Crippen molar-refractivity contribution in [1.29, 1.82) is 0 Å². The molecule has 0 unspecified atom stereocenters. The Morgan fingerprint density at radius 3 is 2.55 bits per heavy atom. The third-order valence-corrected chi connectivity index (χ3v) is 8.22. The van der Waals surface area contributed by atoms with Crippen molar-refractivity contribution in [2.75, 3.05) is 44.7 Å². The van der Waals surface area contributed by atoms with E-state index in [1.54, 1.807) is 23.0 Å². The molecule has 0 radical (unpaired) electrons. The minimum absolute atomic E-state index is 0.0300. The van der Waals surface area contributed by atoms with Gasteiger partial charge in [-0.2, -0.15) is 0 Å². The van der Waals surface area contributed by atoms with E-state index in [1.807, 2.05) is 41.3 Å². The van der Waals surface area contributed by atoms with Gasteiger partial charge in [0.2, 0.25) is 5.91 Å². The van der Waals surface area contributed by atoms with Gasteiger partial charge in [0.1, 0.15) is 17.3 Å². The van der Waals surface area contributed by atoms with E-state index in [0.717, 1.165) is 11.3 Å². The van der Waals surface area contributed by atoms with E-state index in [0.29, 0.717) is 62.2 Å². The lowest BCUT2D eigenvalue weighted by molar-refractivity contribution is -0.136. The summed E-state index contributed by atoms with van der Waals surface area (Å²) in [5, 5.41) is 8.71. The van der Waals surface area contributed by atoms with Gasteiger partial charge in [-0.3, -0.25) is 9.69 Å². The second kappa shape index (κ2) is 11.9. The molecule has 2 fully saturated rings. The number of ether oxygens (including phenoxy) is 1. The number of carbonyl (C=O) groups excluding carboxylic acids is 2. The van der Waals surface area contributed by atoms with Crippen LogP contribution in [0.5, 0.6) is 0 Å². The van der Waals surface area contributed by atoms with Crippen molar-refractivity contribution >= 4 is 29.2 Å². The maximum atomic E-state index is 13.9. The number of furan rings is 1. The summed E-state index contributed by atoms with van der Waals surface area (Å²) >= 11 is 6.38. The van der Waals surface area contributed by atoms with E-state index in [1.165, 1.54) is 19.2 Å². The summed E-state index contributed by atoms with van der Waals surface area (Å²) in [6.07, 6.45) is 2.06. The first-order valence-electron chi connectivity index (χ1n) is 13.8. The van der Waals surface area contributed by atoms with Gasteiger partial charge in [0.25, 0.3) is 0 Å². The summed E-state index contributed by atoms with van der Waals surface area (Å²) < 4.78 is 26.0. The Morgan fingerprint density at radius 1 is 1.05 bits per heavy atom. The number of methoxy groups -OCH3 is 1. The predicted molar refractivity (Wildman–Crippen MR) is 154 cm³/mol. The number of carbonyl (C=O) groups is 2. The number of nitrogens with zero attached hydrogens (tertiary/aromatic N) is 6. The highest BCUT2D eigenvalue weighted by Crippen LogP contribution is 2.33. The molecule has 1 amide bonds. The lowest BCUT2D eigenvalue weighted by Gasteiger charge is -2.38. The molecule has 2 aliphatic rings. The number of likely N-dealkylation sites (tertiary alicyclic amines) is 1. The second-order valence-corrected chi connectivity index (χ2v) is 10.9. The van der Waals surface area contributed by atoms with E-state index >= 15 is 0 Å². The van der Waals surface area contributed by atoms with Crippen LogP contribution < -0.4 is 4.90 Å². The summed E-state index contributed by atoms with van der Waals surface area (Å²) in [5.74, 6) is 0.557. The van der Waals surface area contributed by atoms with Crippen molar-refractivity contribution < 1.29 is 23.1 Å². The van der Waals surface area contributed by atoms with Crippen LogP contribution in [-0.4, -0.2) is 82.5 Å². The molecule has 12 heteroatoms. The number of hydrogen-bond donors (Lipinski definition) is 0. The van der Waals surface area contributed by atoms with Crippen LogP contribution in [0.25, 0.3) is 11.3 Å². The molecule has 2 aliphatic heterocycles. The smallest absolute Gasteiger partial charge is 0.360 e. The summed E-state index contributed by atoms with van der Waals surface area (Å²) in [6, 6.07) is 17.1. The van der Waals surface area contributed by atoms with Gasteiger partial charge < -0.3 is 19.0 Å². The van der Waals surface area contributed by atoms with Gasteiger partial charge in [-0.05, 0) is 55.0 Å². The third kappa shape index (κ3) is 5.75. The first kappa shape index (κ1) is 27.9. The molecule has 2 aromatic carbocycles. The molecule has 0 spiro atoms. The maximum Gasteiger partial charge on any atom is 0.360 e. The number of esters is 1. The van der Waals surface area contributed by atoms with Gasteiger partial charge in [0.05, 0.1) is 37.0 Å². The molecule has 2 aromatic heterocycles. The van der Waals surface area contributed by atoms with Crippen molar-refractivity contribution in [3.8, 4) is 11.3 Å². The molecule has 0 bridgehead atoms. The number of aromatic nitrogens is 3. The number of benzene rings is 2. The third-order valence-electron chi connectivity index (χ3n) is 7.89. The highest BCUT2D eigenvalue weighted by Gasteiger charge is 2.41. The Balaban J connectivity index is 1.19. The SMILES string of the molecule is COC(=O)c1cn([C@@H]2C[C@@H](C(=O)N3CCN(c4ccc(F)cc4)CC3)N(Cc3ccc(-c4ccccc4Cl)o3)C2)nn1. The monoisotopic (exact) mass is 592 g/mol. The van der Waals surface area contributed by atoms with Crippen LogP contribution in [0.15, 0.2) is 71.3 Å². The lowest BCUT2D eigenvalue weighted by Crippen LogP contribution is -2.53. The Kier molecular flexibility index (Phi) is 7.94. The molecule has 42 heavy (non-hydrogen) atoms. The molecule has 10 nitrogen and oxygen atoms in total. The summed E-state index contributed by atoms with van der Waals surface area (Å²) in [5.41, 5.74) is 1.85. The molecule has 0 saturated carbocycles. The zero-order chi connectivity index (χ0) is 29.2. The molecular weight excluding hydrogens is 563 g/mol. The number of rotatable bonds is 7. The minimum atomic E-state index is -0.564. The fraction of sp³-hybridized carbons (Fsp3) is 0.333. The van der Waals surface area contributed by atoms with Gasteiger partial charge >= 0.3 is 5.97 Å². The standard InChI is InChI=1S/C30H30ClFN6O4/c1-41-30(40)26-19-38(34-33-26)22-16-27(29(39)36-14-12-35(13-15-36)21-8-6-20(32)7-9-21)37(17-22)18-23-10-11-28(42-23)24-4-2-3-5-25(24)31/h2-11,19,22,27H,12-18H2,1H3/t22-,27+/m1/s1. The fourth-order valence-corrected chi connectivity index (χ4v) is 5.90. The number of halogens is 2. The molecule has 0 N–H and O–H groups in total. The van der Waals surface area contributed by atoms with Crippen molar-refractivity contribution in [3.05, 3.63) is 89.2 Å². The van der Waals surface area contributed by atoms with Crippen LogP contribution in [0.3, 0.4) is 0 Å². The van der Waals surface area contributed by atoms with Crippen molar-refractivity contribution in [2.24, 2.45) is 0 Å². The average molecular weight is 593 g/mol. The van der Waals surface area contributed by atoms with E-state index in [2.05, 4.69) is 20.1 Å². The molecule has 4 aromatic rings. The van der Waals surface area contributed by atoms with Gasteiger partial charge in [-0.25, -0.2) is 13.9 Å². The van der Waals surface area contributed by atoms with Crippen LogP contribution in [0.4, 0.5) is 10.1 Å². The van der Waals surface area contributed by atoms with E-state index in [-0.39, 0.29) is 23.5 Å². The fourth-order valence-electron chi connectivity index (χ4n) is 5.67. The average Bonchev–Trinajstić information content (AvgIpc) is 3.78. The van der Waals surface area contributed by atoms with E-state index in [9.17, 15) is 14.0 Å². The topological polar surface area (TPSA) is 96.9 Å². The normalized spacial score (nSPS) is 19.3.